The summed E-state index contributed by atoms with van der Waals surface area (Å²) in [6.07, 6.45) is 2.92. The molecule has 0 aromatic carbocycles. The van der Waals surface area contributed by atoms with Crippen molar-refractivity contribution >= 4 is 17.7 Å². The molecule has 1 saturated heterocycles. The van der Waals surface area contributed by atoms with E-state index in [1.54, 1.807) is 0 Å². The van der Waals surface area contributed by atoms with Crippen molar-refractivity contribution in [2.75, 3.05) is 13.6 Å². The molecule has 2 aliphatic rings. The third-order valence-electron chi connectivity index (χ3n) is 3.10. The van der Waals surface area contributed by atoms with E-state index in [9.17, 15) is 14.4 Å². The summed E-state index contributed by atoms with van der Waals surface area (Å²) in [5.41, 5.74) is 0. The quantitative estimate of drug-likeness (QED) is 0.617. The molecule has 6 heteroatoms. The minimum atomic E-state index is -0.414. The summed E-state index contributed by atoms with van der Waals surface area (Å²) < 4.78 is 0. The molecule has 0 spiro atoms. The van der Waals surface area contributed by atoms with Crippen LogP contribution < -0.4 is 10.6 Å². The van der Waals surface area contributed by atoms with Gasteiger partial charge in [-0.15, -0.1) is 0 Å². The summed E-state index contributed by atoms with van der Waals surface area (Å²) in [7, 11) is 1.47. The summed E-state index contributed by atoms with van der Waals surface area (Å²) in [6.45, 7) is 0.134. The third-order valence-corrected chi connectivity index (χ3v) is 3.10. The number of carbonyl (C=O) groups excluding carboxylic acids is 3. The number of likely N-dealkylation sites (N-methyl/N-ethyl adjacent to an activating group) is 1. The molecule has 2 N–H and O–H groups in total. The van der Waals surface area contributed by atoms with E-state index < -0.39 is 6.04 Å². The van der Waals surface area contributed by atoms with Gasteiger partial charge in [0.15, 0.2) is 0 Å². The molecule has 94 valence electrons. The van der Waals surface area contributed by atoms with Gasteiger partial charge in [-0.2, -0.15) is 0 Å². The van der Waals surface area contributed by atoms with Crippen molar-refractivity contribution in [1.29, 1.82) is 0 Å². The van der Waals surface area contributed by atoms with Crippen LogP contribution in [0.3, 0.4) is 0 Å². The van der Waals surface area contributed by atoms with Gasteiger partial charge in [-0.05, 0) is 19.3 Å². The SMILES string of the molecule is CN1C(=O)CCC(NCC(=O)NC2CC2)C1=O. The molecule has 1 aliphatic carbocycles. The number of hydrogen-bond acceptors (Lipinski definition) is 4. The van der Waals surface area contributed by atoms with Gasteiger partial charge in [-0.25, -0.2) is 0 Å². The number of piperidine rings is 1. The molecule has 1 unspecified atom stereocenters. The van der Waals surface area contributed by atoms with Gasteiger partial charge < -0.3 is 5.32 Å². The van der Waals surface area contributed by atoms with Gasteiger partial charge in [-0.3, -0.25) is 24.6 Å². The lowest BCUT2D eigenvalue weighted by atomic mass is 10.0. The summed E-state index contributed by atoms with van der Waals surface area (Å²) in [4.78, 5) is 35.5. The van der Waals surface area contributed by atoms with E-state index in [1.165, 1.54) is 7.05 Å². The average Bonchev–Trinajstić information content (AvgIpc) is 3.09. The van der Waals surface area contributed by atoms with E-state index in [1.807, 2.05) is 0 Å². The van der Waals surface area contributed by atoms with E-state index in [-0.39, 0.29) is 24.3 Å². The second-order valence-corrected chi connectivity index (χ2v) is 4.60. The van der Waals surface area contributed by atoms with Crippen LogP contribution in [0.15, 0.2) is 0 Å². The molecule has 17 heavy (non-hydrogen) atoms. The maximum absolute atomic E-state index is 11.7. The Labute approximate surface area is 99.7 Å². The Kier molecular flexibility index (Phi) is 3.42. The largest absolute Gasteiger partial charge is 0.352 e. The standard InChI is InChI=1S/C11H17N3O3/c1-14-10(16)5-4-8(11(14)17)12-6-9(15)13-7-2-3-7/h7-8,12H,2-6H2,1H3,(H,13,15). The molecule has 0 aromatic heterocycles. The zero-order valence-corrected chi connectivity index (χ0v) is 9.86. The fraction of sp³-hybridized carbons (Fsp3) is 0.727. The first-order valence-electron chi connectivity index (χ1n) is 5.91. The fourth-order valence-corrected chi connectivity index (χ4v) is 1.83. The molecule has 6 nitrogen and oxygen atoms in total. The highest BCUT2D eigenvalue weighted by atomic mass is 16.2. The molecule has 2 fully saturated rings. The predicted octanol–water partition coefficient (Wildman–Crippen LogP) is -0.998. The Morgan fingerprint density at radius 1 is 1.35 bits per heavy atom. The molecule has 1 aliphatic heterocycles. The topological polar surface area (TPSA) is 78.5 Å². The number of amides is 3. The number of carbonyl (C=O) groups is 3. The Morgan fingerprint density at radius 2 is 2.06 bits per heavy atom. The molecule has 0 aromatic rings. The Hall–Kier alpha value is -1.43. The van der Waals surface area contributed by atoms with Gasteiger partial charge in [0.2, 0.25) is 17.7 Å². The maximum Gasteiger partial charge on any atom is 0.246 e. The maximum atomic E-state index is 11.7. The van der Waals surface area contributed by atoms with Gasteiger partial charge >= 0.3 is 0 Å². The normalized spacial score (nSPS) is 25.0. The van der Waals surface area contributed by atoms with Gasteiger partial charge in [0.1, 0.15) is 0 Å². The first-order valence-corrected chi connectivity index (χ1v) is 5.91. The zero-order chi connectivity index (χ0) is 12.4. The smallest absolute Gasteiger partial charge is 0.246 e. The number of nitrogens with one attached hydrogen (secondary N) is 2. The van der Waals surface area contributed by atoms with Crippen molar-refractivity contribution in [2.45, 2.75) is 37.8 Å². The second-order valence-electron chi connectivity index (χ2n) is 4.60. The van der Waals surface area contributed by atoms with Crippen molar-refractivity contribution in [3.63, 3.8) is 0 Å². The van der Waals surface area contributed by atoms with Crippen molar-refractivity contribution in [2.24, 2.45) is 0 Å². The minimum Gasteiger partial charge on any atom is -0.352 e. The van der Waals surface area contributed by atoms with Gasteiger partial charge in [0.05, 0.1) is 12.6 Å². The molecule has 3 amide bonds. The predicted molar refractivity (Wildman–Crippen MR) is 60.0 cm³/mol. The molecular weight excluding hydrogens is 222 g/mol. The van der Waals surface area contributed by atoms with E-state index in [0.29, 0.717) is 18.9 Å². The van der Waals surface area contributed by atoms with Crippen LogP contribution in [0.4, 0.5) is 0 Å². The summed E-state index contributed by atoms with van der Waals surface area (Å²) in [5, 5.41) is 5.73. The highest BCUT2D eigenvalue weighted by Gasteiger charge is 2.32. The number of imide groups is 1. The monoisotopic (exact) mass is 239 g/mol. The van der Waals surface area contributed by atoms with Crippen LogP contribution >= 0.6 is 0 Å². The average molecular weight is 239 g/mol. The van der Waals surface area contributed by atoms with Crippen molar-refractivity contribution in [1.82, 2.24) is 15.5 Å². The molecular formula is C11H17N3O3. The van der Waals surface area contributed by atoms with E-state index in [2.05, 4.69) is 10.6 Å². The van der Waals surface area contributed by atoms with Crippen molar-refractivity contribution in [3.05, 3.63) is 0 Å². The van der Waals surface area contributed by atoms with Gasteiger partial charge in [-0.1, -0.05) is 0 Å². The minimum absolute atomic E-state index is 0.0835. The van der Waals surface area contributed by atoms with E-state index >= 15 is 0 Å². The fourth-order valence-electron chi connectivity index (χ4n) is 1.83. The molecule has 1 saturated carbocycles. The zero-order valence-electron chi connectivity index (χ0n) is 9.86. The van der Waals surface area contributed by atoms with Crippen LogP contribution in [0, 0.1) is 0 Å². The van der Waals surface area contributed by atoms with Crippen molar-refractivity contribution in [3.8, 4) is 0 Å². The van der Waals surface area contributed by atoms with Crippen LogP contribution in [-0.2, 0) is 14.4 Å². The third kappa shape index (κ3) is 3.03. The summed E-state index contributed by atoms with van der Waals surface area (Å²) in [5.74, 6) is -0.490. The van der Waals surface area contributed by atoms with Crippen LogP contribution in [0.5, 0.6) is 0 Å². The molecule has 0 radical (unpaired) electrons. The Bertz CT molecular complexity index is 352. The van der Waals surface area contributed by atoms with Gasteiger partial charge in [0.25, 0.3) is 0 Å². The summed E-state index contributed by atoms with van der Waals surface area (Å²) in [6, 6.07) is -0.0849. The molecule has 2 rings (SSSR count). The number of hydrogen-bond donors (Lipinski definition) is 2. The number of rotatable bonds is 4. The first-order chi connectivity index (χ1) is 8.08. The summed E-state index contributed by atoms with van der Waals surface area (Å²) >= 11 is 0. The van der Waals surface area contributed by atoms with Crippen molar-refractivity contribution < 1.29 is 14.4 Å². The lowest BCUT2D eigenvalue weighted by molar-refractivity contribution is -0.148. The first kappa shape index (κ1) is 12.0. The second kappa shape index (κ2) is 4.83. The van der Waals surface area contributed by atoms with E-state index in [4.69, 9.17) is 0 Å². The Balaban J connectivity index is 1.76. The molecule has 1 heterocycles. The molecule has 1 atom stereocenters. The lowest BCUT2D eigenvalue weighted by Crippen LogP contribution is -2.53. The lowest BCUT2D eigenvalue weighted by Gasteiger charge is -2.28. The van der Waals surface area contributed by atoms with Crippen LogP contribution in [-0.4, -0.2) is 48.3 Å². The highest BCUT2D eigenvalue weighted by molar-refractivity contribution is 6.00. The van der Waals surface area contributed by atoms with Crippen LogP contribution in [0.25, 0.3) is 0 Å². The Morgan fingerprint density at radius 3 is 2.71 bits per heavy atom. The highest BCUT2D eigenvalue weighted by Crippen LogP contribution is 2.18. The van der Waals surface area contributed by atoms with Gasteiger partial charge in [0, 0.05) is 19.5 Å². The van der Waals surface area contributed by atoms with Crippen LogP contribution in [0.1, 0.15) is 25.7 Å². The van der Waals surface area contributed by atoms with Crippen LogP contribution in [0.2, 0.25) is 0 Å². The van der Waals surface area contributed by atoms with E-state index in [0.717, 1.165) is 17.7 Å². The molecule has 0 bridgehead atoms. The number of nitrogens with zero attached hydrogens (tertiary/aromatic N) is 1. The number of likely N-dealkylation sites (tertiary alicyclic amines) is 1.